The van der Waals surface area contributed by atoms with Gasteiger partial charge in [-0.05, 0) is 0 Å². The summed E-state index contributed by atoms with van der Waals surface area (Å²) in [5.74, 6) is -0.741. The zero-order valence-electron chi connectivity index (χ0n) is 9.00. The average Bonchev–Trinajstić information content (AvgIpc) is 1.81. The molecule has 4 heteroatoms. The predicted molar refractivity (Wildman–Crippen MR) is 52.6 cm³/mol. The van der Waals surface area contributed by atoms with Crippen LogP contribution in [0.4, 0.5) is 0 Å². The molecule has 0 rings (SSSR count). The number of aliphatic carboxylic acids is 1. The largest absolute Gasteiger partial charge is 0.477 e. The lowest BCUT2D eigenvalue weighted by Gasteiger charge is -2.28. The number of likely N-dealkylation sites (N-methyl/N-ethyl adjacent to an activating group) is 1. The van der Waals surface area contributed by atoms with Gasteiger partial charge in [-0.2, -0.15) is 0 Å². The Morgan fingerprint density at radius 2 is 2.00 bits per heavy atom. The van der Waals surface area contributed by atoms with Crippen LogP contribution in [0.25, 0.3) is 0 Å². The van der Waals surface area contributed by atoms with Gasteiger partial charge >= 0.3 is 5.97 Å². The lowest BCUT2D eigenvalue weighted by atomic mass is 10.3. The van der Waals surface area contributed by atoms with Gasteiger partial charge in [0.1, 0.15) is 0 Å². The summed E-state index contributed by atoms with van der Waals surface area (Å²) in [5.41, 5.74) is 0. The van der Waals surface area contributed by atoms with Crippen molar-refractivity contribution in [3.8, 4) is 0 Å². The van der Waals surface area contributed by atoms with E-state index < -0.39 is 5.97 Å². The Bertz CT molecular complexity index is 167. The molecule has 0 aliphatic rings. The van der Waals surface area contributed by atoms with E-state index in [2.05, 4.69) is 19.2 Å². The highest BCUT2D eigenvalue weighted by molar-refractivity contribution is 5.67. The first kappa shape index (κ1) is 12.4. The number of nitrogens with zero attached hydrogens (tertiary/aromatic N) is 1. The van der Waals surface area contributed by atoms with Crippen molar-refractivity contribution in [2.24, 2.45) is 0 Å². The molecule has 78 valence electrons. The Kier molecular flexibility index (Phi) is 4.95. The fourth-order valence-electron chi connectivity index (χ4n) is 1.10. The van der Waals surface area contributed by atoms with E-state index in [0.29, 0.717) is 10.5 Å². The van der Waals surface area contributed by atoms with Crippen molar-refractivity contribution in [2.75, 3.05) is 33.7 Å². The quantitative estimate of drug-likeness (QED) is 0.585. The van der Waals surface area contributed by atoms with E-state index >= 15 is 0 Å². The lowest BCUT2D eigenvalue weighted by Crippen LogP contribution is -2.48. The Labute approximate surface area is 80.1 Å². The molecular weight excluding hydrogens is 168 g/mol. The Morgan fingerprint density at radius 1 is 1.46 bits per heavy atom. The van der Waals surface area contributed by atoms with Gasteiger partial charge in [0.2, 0.25) is 0 Å². The normalized spacial score (nSPS) is 12.1. The van der Waals surface area contributed by atoms with E-state index in [1.54, 1.807) is 0 Å². The summed E-state index contributed by atoms with van der Waals surface area (Å²) in [6.45, 7) is 6.04. The standard InChI is InChI=1S/C9H20N2O2/c1-8(2)10-5-6-11(3,4)7-9(12)13/h8,10H,5-7H2,1-4H3/p+1. The molecule has 0 bridgehead atoms. The summed E-state index contributed by atoms with van der Waals surface area (Å²) in [7, 11) is 3.85. The maximum Gasteiger partial charge on any atom is 0.359 e. The smallest absolute Gasteiger partial charge is 0.359 e. The summed E-state index contributed by atoms with van der Waals surface area (Å²) in [4.78, 5) is 10.5. The van der Waals surface area contributed by atoms with E-state index in [1.165, 1.54) is 0 Å². The maximum atomic E-state index is 10.5. The van der Waals surface area contributed by atoms with Crippen LogP contribution in [0.2, 0.25) is 0 Å². The van der Waals surface area contributed by atoms with E-state index in [4.69, 9.17) is 5.11 Å². The van der Waals surface area contributed by atoms with Gasteiger partial charge in [0.25, 0.3) is 0 Å². The molecule has 0 heterocycles. The van der Waals surface area contributed by atoms with Crippen LogP contribution in [0.1, 0.15) is 13.8 Å². The van der Waals surface area contributed by atoms with Crippen molar-refractivity contribution < 1.29 is 14.4 Å². The van der Waals surface area contributed by atoms with E-state index in [-0.39, 0.29) is 6.54 Å². The van der Waals surface area contributed by atoms with Crippen LogP contribution in [0.5, 0.6) is 0 Å². The van der Waals surface area contributed by atoms with Gasteiger partial charge in [0.15, 0.2) is 6.54 Å². The molecule has 2 N–H and O–H groups in total. The molecule has 0 atom stereocenters. The van der Waals surface area contributed by atoms with Crippen molar-refractivity contribution in [1.82, 2.24) is 5.32 Å². The molecule has 13 heavy (non-hydrogen) atoms. The van der Waals surface area contributed by atoms with Gasteiger partial charge in [0.05, 0.1) is 20.6 Å². The monoisotopic (exact) mass is 189 g/mol. The van der Waals surface area contributed by atoms with E-state index in [9.17, 15) is 4.79 Å². The van der Waals surface area contributed by atoms with Gasteiger partial charge in [-0.25, -0.2) is 4.79 Å². The predicted octanol–water partition coefficient (Wildman–Crippen LogP) is 0.145. The fraction of sp³-hybridized carbons (Fsp3) is 0.889. The number of rotatable bonds is 6. The van der Waals surface area contributed by atoms with Crippen molar-refractivity contribution >= 4 is 5.97 Å². The summed E-state index contributed by atoms with van der Waals surface area (Å²) >= 11 is 0. The van der Waals surface area contributed by atoms with Crippen LogP contribution < -0.4 is 5.32 Å². The van der Waals surface area contributed by atoms with Gasteiger partial charge in [-0.1, -0.05) is 13.8 Å². The molecule has 0 saturated carbocycles. The number of quaternary nitrogens is 1. The molecular formula is C9H21N2O2+. The van der Waals surface area contributed by atoms with Crippen molar-refractivity contribution in [2.45, 2.75) is 19.9 Å². The Balaban J connectivity index is 3.69. The van der Waals surface area contributed by atoms with Gasteiger partial charge in [-0.3, -0.25) is 0 Å². The molecule has 0 radical (unpaired) electrons. The molecule has 0 amide bonds. The highest BCUT2D eigenvalue weighted by Crippen LogP contribution is 1.94. The minimum atomic E-state index is -0.741. The third kappa shape index (κ3) is 7.74. The Morgan fingerprint density at radius 3 is 2.38 bits per heavy atom. The van der Waals surface area contributed by atoms with Crippen LogP contribution in [0, 0.1) is 0 Å². The fourth-order valence-corrected chi connectivity index (χ4v) is 1.10. The maximum absolute atomic E-state index is 10.5. The number of carboxylic acid groups (broad SMARTS) is 1. The SMILES string of the molecule is CC(C)NCC[N+](C)(C)CC(=O)O. The number of carboxylic acids is 1. The molecule has 0 aliphatic heterocycles. The minimum Gasteiger partial charge on any atom is -0.477 e. The second-order valence-electron chi connectivity index (χ2n) is 4.32. The lowest BCUT2D eigenvalue weighted by molar-refractivity contribution is -0.881. The second kappa shape index (κ2) is 5.19. The minimum absolute atomic E-state index is 0.180. The molecule has 0 aromatic rings. The summed E-state index contributed by atoms with van der Waals surface area (Å²) < 4.78 is 0.523. The van der Waals surface area contributed by atoms with Crippen LogP contribution in [0.15, 0.2) is 0 Å². The van der Waals surface area contributed by atoms with E-state index in [1.807, 2.05) is 14.1 Å². The highest BCUT2D eigenvalue weighted by atomic mass is 16.4. The van der Waals surface area contributed by atoms with Crippen molar-refractivity contribution in [3.05, 3.63) is 0 Å². The first-order valence-electron chi connectivity index (χ1n) is 4.61. The van der Waals surface area contributed by atoms with Crippen molar-refractivity contribution in [1.29, 1.82) is 0 Å². The first-order chi connectivity index (χ1) is 5.83. The molecule has 0 fully saturated rings. The molecule has 4 nitrogen and oxygen atoms in total. The molecule has 0 spiro atoms. The molecule has 0 aromatic heterocycles. The van der Waals surface area contributed by atoms with Gasteiger partial charge < -0.3 is 14.9 Å². The molecule has 0 saturated heterocycles. The third-order valence-electron chi connectivity index (χ3n) is 1.83. The zero-order chi connectivity index (χ0) is 10.5. The number of hydrogen-bond acceptors (Lipinski definition) is 2. The summed E-state index contributed by atoms with van der Waals surface area (Å²) in [5, 5.41) is 11.9. The number of carbonyl (C=O) groups is 1. The summed E-state index contributed by atoms with van der Waals surface area (Å²) in [6, 6.07) is 0.463. The van der Waals surface area contributed by atoms with Crippen LogP contribution >= 0.6 is 0 Å². The Hall–Kier alpha value is -0.610. The average molecular weight is 189 g/mol. The van der Waals surface area contributed by atoms with E-state index in [0.717, 1.165) is 13.1 Å². The molecule has 0 unspecified atom stereocenters. The number of nitrogens with one attached hydrogen (secondary N) is 1. The first-order valence-corrected chi connectivity index (χ1v) is 4.61. The number of hydrogen-bond donors (Lipinski definition) is 2. The third-order valence-corrected chi connectivity index (χ3v) is 1.83. The van der Waals surface area contributed by atoms with Crippen LogP contribution in [0.3, 0.4) is 0 Å². The molecule has 0 aliphatic carbocycles. The van der Waals surface area contributed by atoms with Crippen molar-refractivity contribution in [3.63, 3.8) is 0 Å². The highest BCUT2D eigenvalue weighted by Gasteiger charge is 2.18. The summed E-state index contributed by atoms with van der Waals surface area (Å²) in [6.07, 6.45) is 0. The van der Waals surface area contributed by atoms with Gasteiger partial charge in [0, 0.05) is 12.6 Å². The van der Waals surface area contributed by atoms with Crippen LogP contribution in [-0.4, -0.2) is 55.3 Å². The van der Waals surface area contributed by atoms with Gasteiger partial charge in [-0.15, -0.1) is 0 Å². The van der Waals surface area contributed by atoms with Crippen LogP contribution in [-0.2, 0) is 4.79 Å². The second-order valence-corrected chi connectivity index (χ2v) is 4.32. The molecule has 0 aromatic carbocycles. The zero-order valence-corrected chi connectivity index (χ0v) is 9.00. The topological polar surface area (TPSA) is 49.3 Å².